The molecule has 0 radical (unpaired) electrons. The molecule has 0 unspecified atom stereocenters. The molecule has 2 aliphatic rings. The van der Waals surface area contributed by atoms with E-state index in [9.17, 15) is 4.79 Å². The quantitative estimate of drug-likeness (QED) is 0.373. The van der Waals surface area contributed by atoms with E-state index in [0.717, 1.165) is 11.3 Å². The van der Waals surface area contributed by atoms with Gasteiger partial charge in [-0.2, -0.15) is 0 Å². The number of ether oxygens (including phenoxy) is 2. The number of aliphatic imine (C=N–C) groups is 1. The molecule has 3 N–H and O–H groups in total. The fourth-order valence-corrected chi connectivity index (χ4v) is 2.68. The highest BCUT2D eigenvalue weighted by Gasteiger charge is 2.63. The van der Waals surface area contributed by atoms with Gasteiger partial charge in [-0.3, -0.25) is 9.79 Å². The molecule has 1 aliphatic carbocycles. The van der Waals surface area contributed by atoms with Crippen LogP contribution in [0.3, 0.4) is 0 Å². The van der Waals surface area contributed by atoms with Crippen molar-refractivity contribution in [2.75, 3.05) is 7.05 Å². The molecule has 1 aliphatic heterocycles. The smallest absolute Gasteiger partial charge is 0.311 e. The molecule has 0 saturated heterocycles. The first-order valence-electron chi connectivity index (χ1n) is 6.82. The molecule has 0 aromatic heterocycles. The van der Waals surface area contributed by atoms with Crippen molar-refractivity contribution in [1.82, 2.24) is 0 Å². The highest BCUT2D eigenvalue weighted by atomic mass is 16.5. The van der Waals surface area contributed by atoms with E-state index >= 15 is 0 Å². The Balaban J connectivity index is 1.82. The van der Waals surface area contributed by atoms with Crippen molar-refractivity contribution < 1.29 is 19.4 Å². The van der Waals surface area contributed by atoms with Gasteiger partial charge < -0.3 is 20.3 Å². The van der Waals surface area contributed by atoms with Crippen molar-refractivity contribution in [3.8, 4) is 11.5 Å². The lowest BCUT2D eigenvalue weighted by Crippen LogP contribution is -2.10. The maximum atomic E-state index is 11.1. The predicted octanol–water partition coefficient (Wildman–Crippen LogP) is 1.68. The Labute approximate surface area is 127 Å². The molecule has 0 spiro atoms. The van der Waals surface area contributed by atoms with Crippen LogP contribution in [-0.4, -0.2) is 30.1 Å². The summed E-state index contributed by atoms with van der Waals surface area (Å²) in [5.74, 6) is 0.712. The molecule has 3 rings (SSSR count). The Morgan fingerprint density at radius 2 is 2.32 bits per heavy atom. The van der Waals surface area contributed by atoms with Gasteiger partial charge in [-0.15, -0.1) is 0 Å². The minimum atomic E-state index is -0.828. The van der Waals surface area contributed by atoms with Gasteiger partial charge in [0.2, 0.25) is 0 Å². The number of carboxylic acids is 1. The van der Waals surface area contributed by atoms with Crippen LogP contribution in [0.2, 0.25) is 0 Å². The highest BCUT2D eigenvalue weighted by Crippen LogP contribution is 2.58. The van der Waals surface area contributed by atoms with Gasteiger partial charge in [0.05, 0.1) is 0 Å². The molecule has 0 bridgehead atoms. The molecule has 6 nitrogen and oxygen atoms in total. The second-order valence-electron chi connectivity index (χ2n) is 5.17. The third-order valence-electron chi connectivity index (χ3n) is 3.83. The van der Waals surface area contributed by atoms with Gasteiger partial charge in [0.15, 0.2) is 0 Å². The third kappa shape index (κ3) is 2.32. The number of nitrogens with two attached hydrogens (primary N) is 1. The Kier molecular flexibility index (Phi) is 3.36. The minimum Gasteiger partial charge on any atom is -0.489 e. The van der Waals surface area contributed by atoms with E-state index in [2.05, 4.69) is 11.6 Å². The lowest BCUT2D eigenvalue weighted by Gasteiger charge is -2.10. The van der Waals surface area contributed by atoms with Crippen LogP contribution in [0, 0.1) is 5.92 Å². The summed E-state index contributed by atoms with van der Waals surface area (Å²) in [7, 11) is 1.58. The number of fused-ring (bicyclic) bond motifs is 3. The maximum absolute atomic E-state index is 11.1. The fourth-order valence-electron chi connectivity index (χ4n) is 2.68. The third-order valence-corrected chi connectivity index (χ3v) is 3.83. The van der Waals surface area contributed by atoms with Crippen molar-refractivity contribution in [3.63, 3.8) is 0 Å². The number of carbonyl (C=O) groups is 1. The second-order valence-corrected chi connectivity index (χ2v) is 5.17. The van der Waals surface area contributed by atoms with E-state index in [1.807, 2.05) is 0 Å². The summed E-state index contributed by atoms with van der Waals surface area (Å²) in [5, 5.41) is 9.10. The lowest BCUT2D eigenvalue weighted by molar-refractivity contribution is -0.139. The summed E-state index contributed by atoms with van der Waals surface area (Å²) < 4.78 is 11.3. The Hall–Kier alpha value is -2.76. The average Bonchev–Trinajstić information content (AvgIpc) is 3.11. The second kappa shape index (κ2) is 5.22. The summed E-state index contributed by atoms with van der Waals surface area (Å²) in [5.41, 5.74) is 6.50. The Morgan fingerprint density at radius 1 is 1.55 bits per heavy atom. The number of hydrogen-bond donors (Lipinski definition) is 2. The zero-order valence-corrected chi connectivity index (χ0v) is 12.0. The largest absolute Gasteiger partial charge is 0.489 e. The number of hydrogen-bond acceptors (Lipinski definition) is 4. The number of aliphatic carboxylic acids is 1. The molecular weight excluding hydrogens is 284 g/mol. The van der Waals surface area contributed by atoms with Gasteiger partial charge in [-0.05, 0) is 24.3 Å². The molecule has 1 aromatic rings. The van der Waals surface area contributed by atoms with E-state index in [-0.39, 0.29) is 12.0 Å². The van der Waals surface area contributed by atoms with Crippen LogP contribution in [0.5, 0.6) is 11.5 Å². The van der Waals surface area contributed by atoms with Crippen LogP contribution in [0.15, 0.2) is 47.7 Å². The Bertz CT molecular complexity index is 708. The SMILES string of the molecule is C=C/C(=C\C(N)=N/C)Oc1ccc2c(c1)[C@@H]1[C@H](O2)[C@H]1C(=O)O. The van der Waals surface area contributed by atoms with Gasteiger partial charge in [0.25, 0.3) is 0 Å². The summed E-state index contributed by atoms with van der Waals surface area (Å²) in [6.07, 6.45) is 2.85. The summed E-state index contributed by atoms with van der Waals surface area (Å²) in [6.45, 7) is 3.67. The van der Waals surface area contributed by atoms with Crippen molar-refractivity contribution in [2.24, 2.45) is 16.6 Å². The molecule has 1 saturated carbocycles. The van der Waals surface area contributed by atoms with Gasteiger partial charge in [-0.1, -0.05) is 6.58 Å². The van der Waals surface area contributed by atoms with Crippen LogP contribution >= 0.6 is 0 Å². The van der Waals surface area contributed by atoms with Gasteiger partial charge in [-0.25, -0.2) is 0 Å². The number of carboxylic acid groups (broad SMARTS) is 1. The summed E-state index contributed by atoms with van der Waals surface area (Å²) >= 11 is 0. The van der Waals surface area contributed by atoms with E-state index < -0.39 is 11.9 Å². The molecule has 114 valence electrons. The zero-order valence-electron chi connectivity index (χ0n) is 12.0. The normalized spacial score (nSPS) is 25.8. The van der Waals surface area contributed by atoms with Crippen LogP contribution in [0.1, 0.15) is 11.5 Å². The van der Waals surface area contributed by atoms with Crippen LogP contribution in [0.4, 0.5) is 0 Å². The van der Waals surface area contributed by atoms with E-state index in [4.69, 9.17) is 20.3 Å². The molecule has 6 heteroatoms. The Morgan fingerprint density at radius 3 is 2.95 bits per heavy atom. The van der Waals surface area contributed by atoms with Crippen molar-refractivity contribution in [1.29, 1.82) is 0 Å². The summed E-state index contributed by atoms with van der Waals surface area (Å²) in [6, 6.07) is 5.35. The maximum Gasteiger partial charge on any atom is 0.311 e. The number of allylic oxidation sites excluding steroid dienone is 1. The minimum absolute atomic E-state index is 0.0884. The topological polar surface area (TPSA) is 94.1 Å². The lowest BCUT2D eigenvalue weighted by atomic mass is 10.1. The molecule has 1 heterocycles. The van der Waals surface area contributed by atoms with Gasteiger partial charge in [0, 0.05) is 24.6 Å². The molecule has 22 heavy (non-hydrogen) atoms. The molecule has 1 aromatic carbocycles. The molecule has 0 amide bonds. The van der Waals surface area contributed by atoms with E-state index in [0.29, 0.717) is 17.3 Å². The number of amidine groups is 1. The van der Waals surface area contributed by atoms with E-state index in [1.54, 1.807) is 31.3 Å². The zero-order chi connectivity index (χ0) is 15.9. The van der Waals surface area contributed by atoms with Gasteiger partial charge in [0.1, 0.15) is 35.1 Å². The first-order valence-corrected chi connectivity index (χ1v) is 6.82. The highest BCUT2D eigenvalue weighted by molar-refractivity contribution is 5.92. The summed E-state index contributed by atoms with van der Waals surface area (Å²) in [4.78, 5) is 14.9. The fraction of sp³-hybridized carbons (Fsp3) is 0.250. The van der Waals surface area contributed by atoms with Crippen LogP contribution in [0.25, 0.3) is 0 Å². The van der Waals surface area contributed by atoms with E-state index in [1.165, 1.54) is 6.08 Å². The molecule has 3 atom stereocenters. The first kappa shape index (κ1) is 14.2. The van der Waals surface area contributed by atoms with Gasteiger partial charge >= 0.3 is 5.97 Å². The predicted molar refractivity (Wildman–Crippen MR) is 81.2 cm³/mol. The van der Waals surface area contributed by atoms with Crippen LogP contribution in [-0.2, 0) is 4.79 Å². The molecular formula is C16H16N2O4. The first-order chi connectivity index (χ1) is 10.5. The number of rotatable bonds is 5. The van der Waals surface area contributed by atoms with Crippen molar-refractivity contribution in [2.45, 2.75) is 12.0 Å². The standard InChI is InChI=1S/C16H16N2O4/c1-3-8(7-12(17)18-2)21-9-4-5-11-10(6-9)13-14(16(19)20)15(13)22-11/h3-7,13-15H,1H2,2H3,(H2,17,18)(H,19,20)/b8-7+/t13-,14-,15-/m0/s1. The number of benzene rings is 1. The van der Waals surface area contributed by atoms with Crippen molar-refractivity contribution >= 4 is 11.8 Å². The van der Waals surface area contributed by atoms with Crippen LogP contribution < -0.4 is 15.2 Å². The molecule has 1 fully saturated rings. The monoisotopic (exact) mass is 300 g/mol. The number of nitrogens with zero attached hydrogens (tertiary/aromatic N) is 1. The van der Waals surface area contributed by atoms with Crippen molar-refractivity contribution in [3.05, 3.63) is 48.3 Å². The average molecular weight is 300 g/mol.